The third-order valence-corrected chi connectivity index (χ3v) is 8.48. The van der Waals surface area contributed by atoms with E-state index in [-0.39, 0.29) is 6.71 Å². The Labute approximate surface area is 246 Å². The molecule has 0 fully saturated rings. The SMILES string of the molecule is C=C/C=C(\C=C)n1c2c(c3ccccc31)N(c1ccccc1)c1cccc3c1B2c1ccccc1N3c1ccccc1. The lowest BCUT2D eigenvalue weighted by Gasteiger charge is -2.43. The molecule has 6 aromatic rings. The van der Waals surface area contributed by atoms with Crippen molar-refractivity contribution in [3.63, 3.8) is 0 Å². The summed E-state index contributed by atoms with van der Waals surface area (Å²) < 4.78 is 2.40. The highest BCUT2D eigenvalue weighted by Gasteiger charge is 2.46. The van der Waals surface area contributed by atoms with Crippen LogP contribution in [0.1, 0.15) is 0 Å². The first-order chi connectivity index (χ1) is 20.8. The summed E-state index contributed by atoms with van der Waals surface area (Å²) >= 11 is 0. The number of benzene rings is 5. The Balaban J connectivity index is 1.57. The Hall–Kier alpha value is -5.48. The number of anilines is 6. The first-order valence-electron chi connectivity index (χ1n) is 14.3. The molecule has 4 heteroatoms. The Kier molecular flexibility index (Phi) is 5.54. The molecule has 1 aromatic heterocycles. The molecule has 0 unspecified atom stereocenters. The lowest BCUT2D eigenvalue weighted by Crippen LogP contribution is -2.62. The maximum Gasteiger partial charge on any atom is 0.273 e. The first-order valence-corrected chi connectivity index (χ1v) is 14.3. The molecule has 0 saturated carbocycles. The number of hydrogen-bond acceptors (Lipinski definition) is 2. The summed E-state index contributed by atoms with van der Waals surface area (Å²) in [6, 6.07) is 45.7. The van der Waals surface area contributed by atoms with E-state index in [9.17, 15) is 0 Å². The van der Waals surface area contributed by atoms with Crippen molar-refractivity contribution in [3.05, 3.63) is 159 Å². The van der Waals surface area contributed by atoms with Crippen LogP contribution in [0.2, 0.25) is 0 Å². The number of fused-ring (bicyclic) bond motifs is 6. The zero-order valence-corrected chi connectivity index (χ0v) is 23.2. The second kappa shape index (κ2) is 9.57. The van der Waals surface area contributed by atoms with E-state index in [1.165, 1.54) is 44.7 Å². The second-order valence-electron chi connectivity index (χ2n) is 10.7. The smallest absolute Gasteiger partial charge is 0.273 e. The number of hydrogen-bond donors (Lipinski definition) is 0. The molecule has 42 heavy (non-hydrogen) atoms. The van der Waals surface area contributed by atoms with Gasteiger partial charge in [0, 0.05) is 45.1 Å². The van der Waals surface area contributed by atoms with Gasteiger partial charge < -0.3 is 14.4 Å². The monoisotopic (exact) mass is 537 g/mol. The fraction of sp³-hybridized carbons (Fsp3) is 0. The molecule has 198 valence electrons. The van der Waals surface area contributed by atoms with Gasteiger partial charge in [-0.05, 0) is 71.6 Å². The van der Waals surface area contributed by atoms with Gasteiger partial charge in [-0.1, -0.05) is 98.1 Å². The van der Waals surface area contributed by atoms with Gasteiger partial charge in [0.2, 0.25) is 0 Å². The van der Waals surface area contributed by atoms with Crippen molar-refractivity contribution < 1.29 is 0 Å². The minimum Gasteiger partial charge on any atom is -0.319 e. The van der Waals surface area contributed by atoms with Crippen LogP contribution in [-0.2, 0) is 0 Å². The van der Waals surface area contributed by atoms with E-state index in [0.717, 1.165) is 22.6 Å². The lowest BCUT2D eigenvalue weighted by atomic mass is 9.35. The predicted molar refractivity (Wildman–Crippen MR) is 181 cm³/mol. The van der Waals surface area contributed by atoms with Crippen molar-refractivity contribution in [3.8, 4) is 0 Å². The molecule has 0 aliphatic carbocycles. The molecule has 5 aromatic carbocycles. The van der Waals surface area contributed by atoms with E-state index in [1.54, 1.807) is 0 Å². The van der Waals surface area contributed by atoms with Gasteiger partial charge in [0.05, 0.1) is 11.2 Å². The van der Waals surface area contributed by atoms with Crippen LogP contribution in [-0.4, -0.2) is 11.3 Å². The third-order valence-electron chi connectivity index (χ3n) is 8.48. The molecule has 0 radical (unpaired) electrons. The predicted octanol–water partition coefficient (Wildman–Crippen LogP) is 7.94. The van der Waals surface area contributed by atoms with Crippen molar-refractivity contribution in [2.24, 2.45) is 0 Å². The van der Waals surface area contributed by atoms with Crippen molar-refractivity contribution in [1.29, 1.82) is 0 Å². The van der Waals surface area contributed by atoms with Gasteiger partial charge in [0.15, 0.2) is 0 Å². The Morgan fingerprint density at radius 3 is 1.90 bits per heavy atom. The molecule has 0 amide bonds. The summed E-state index contributed by atoms with van der Waals surface area (Å²) in [5, 5.41) is 1.20. The van der Waals surface area contributed by atoms with Crippen LogP contribution in [0, 0.1) is 0 Å². The van der Waals surface area contributed by atoms with Crippen molar-refractivity contribution >= 4 is 74.0 Å². The van der Waals surface area contributed by atoms with Crippen LogP contribution in [0.4, 0.5) is 34.1 Å². The lowest BCUT2D eigenvalue weighted by molar-refractivity contribution is 1.20. The molecule has 3 heterocycles. The highest BCUT2D eigenvalue weighted by molar-refractivity contribution is 7.00. The minimum atomic E-state index is 0.00268. The van der Waals surface area contributed by atoms with Gasteiger partial charge in [-0.25, -0.2) is 0 Å². The van der Waals surface area contributed by atoms with Crippen LogP contribution in [0.25, 0.3) is 16.6 Å². The summed E-state index contributed by atoms with van der Waals surface area (Å²) in [6.45, 7) is 8.27. The van der Waals surface area contributed by atoms with Crippen LogP contribution in [0.3, 0.4) is 0 Å². The Morgan fingerprint density at radius 1 is 0.595 bits per heavy atom. The van der Waals surface area contributed by atoms with Gasteiger partial charge in [-0.15, -0.1) is 0 Å². The number of aromatic nitrogens is 1. The fourth-order valence-corrected chi connectivity index (χ4v) is 6.93. The Bertz CT molecular complexity index is 2040. The molecule has 0 atom stereocenters. The van der Waals surface area contributed by atoms with Gasteiger partial charge in [0.25, 0.3) is 6.71 Å². The highest BCUT2D eigenvalue weighted by Crippen LogP contribution is 2.46. The maximum atomic E-state index is 4.23. The normalized spacial score (nSPS) is 13.4. The summed E-state index contributed by atoms with van der Waals surface area (Å²) in [5.41, 5.74) is 13.0. The van der Waals surface area contributed by atoms with E-state index in [1.807, 2.05) is 12.2 Å². The van der Waals surface area contributed by atoms with Gasteiger partial charge in [0.1, 0.15) is 0 Å². The van der Waals surface area contributed by atoms with Gasteiger partial charge in [-0.2, -0.15) is 0 Å². The van der Waals surface area contributed by atoms with Crippen LogP contribution in [0.5, 0.6) is 0 Å². The standard InChI is InChI=1S/C38H28BN3/c1-3-16-27(4-2)42-32-23-13-11-21-30(32)37-38(42)39-31-22-12-14-24-33(31)40(28-17-7-5-8-18-28)34-25-15-26-35(36(34)39)41(37)29-19-9-6-10-20-29/h3-26H,1-2H2/b27-16+. The first kappa shape index (κ1) is 24.3. The molecule has 0 bridgehead atoms. The summed E-state index contributed by atoms with van der Waals surface area (Å²) in [4.78, 5) is 4.87. The quantitative estimate of drug-likeness (QED) is 0.163. The molecular formula is C38H28BN3. The van der Waals surface area contributed by atoms with Crippen molar-refractivity contribution in [2.45, 2.75) is 0 Å². The van der Waals surface area contributed by atoms with Crippen molar-refractivity contribution in [2.75, 3.05) is 9.80 Å². The number of rotatable bonds is 5. The molecular weight excluding hydrogens is 509 g/mol. The molecule has 0 N–H and O–H groups in total. The zero-order chi connectivity index (χ0) is 28.2. The number of para-hydroxylation sites is 4. The molecule has 2 aliphatic heterocycles. The molecule has 8 rings (SSSR count). The fourth-order valence-electron chi connectivity index (χ4n) is 6.93. The topological polar surface area (TPSA) is 11.4 Å². The average Bonchev–Trinajstić information content (AvgIpc) is 3.39. The molecule has 0 spiro atoms. The van der Waals surface area contributed by atoms with Crippen LogP contribution < -0.4 is 26.3 Å². The van der Waals surface area contributed by atoms with E-state index in [0.29, 0.717) is 0 Å². The van der Waals surface area contributed by atoms with E-state index >= 15 is 0 Å². The Morgan fingerprint density at radius 2 is 1.19 bits per heavy atom. The van der Waals surface area contributed by atoms with Crippen molar-refractivity contribution in [1.82, 2.24) is 4.57 Å². The summed E-state index contributed by atoms with van der Waals surface area (Å²) in [5.74, 6) is 0. The van der Waals surface area contributed by atoms with Crippen LogP contribution in [0.15, 0.2) is 159 Å². The van der Waals surface area contributed by atoms with Crippen LogP contribution >= 0.6 is 0 Å². The second-order valence-corrected chi connectivity index (χ2v) is 10.7. The molecule has 2 aliphatic rings. The minimum absolute atomic E-state index is 0.00268. The number of nitrogens with zero attached hydrogens (tertiary/aromatic N) is 3. The zero-order valence-electron chi connectivity index (χ0n) is 23.2. The average molecular weight is 537 g/mol. The highest BCUT2D eigenvalue weighted by atomic mass is 15.2. The maximum absolute atomic E-state index is 4.23. The summed E-state index contributed by atoms with van der Waals surface area (Å²) in [6.07, 6.45) is 5.84. The van der Waals surface area contributed by atoms with Gasteiger partial charge >= 0.3 is 0 Å². The van der Waals surface area contributed by atoms with Gasteiger partial charge in [-0.3, -0.25) is 0 Å². The third kappa shape index (κ3) is 3.36. The number of allylic oxidation sites excluding steroid dienone is 4. The molecule has 0 saturated heterocycles. The largest absolute Gasteiger partial charge is 0.319 e. The molecule has 3 nitrogen and oxygen atoms in total. The van der Waals surface area contributed by atoms with E-state index in [2.05, 4.69) is 161 Å². The summed E-state index contributed by atoms with van der Waals surface area (Å²) in [7, 11) is 0. The van der Waals surface area contributed by atoms with E-state index in [4.69, 9.17) is 0 Å². The van der Waals surface area contributed by atoms with E-state index < -0.39 is 0 Å².